The van der Waals surface area contributed by atoms with Crippen LogP contribution in [0.4, 0.5) is 5.69 Å². The zero-order valence-electron chi connectivity index (χ0n) is 15.3. The third kappa shape index (κ3) is 4.97. The summed E-state index contributed by atoms with van der Waals surface area (Å²) in [6, 6.07) is 23.9. The normalized spacial score (nSPS) is 12.2. The first-order valence-electron chi connectivity index (χ1n) is 8.74. The predicted molar refractivity (Wildman–Crippen MR) is 109 cm³/mol. The van der Waals surface area contributed by atoms with Crippen molar-refractivity contribution in [2.24, 2.45) is 0 Å². The van der Waals surface area contributed by atoms with Crippen molar-refractivity contribution in [1.82, 2.24) is 10.1 Å². The molecule has 1 amide bonds. The highest BCUT2D eigenvalue weighted by Crippen LogP contribution is 2.17. The molecule has 3 rings (SSSR count). The lowest BCUT2D eigenvalue weighted by atomic mass is 10.1. The standard InChI is InChI=1S/C21H21N3O3S/c1-16(17-9-4-2-5-10-17)24-28(26,27)20-14-8-11-18(15-20)21(25)23-22-19-12-6-3-7-13-19/h2-16,22,24H,1H3,(H,23,25). The summed E-state index contributed by atoms with van der Waals surface area (Å²) >= 11 is 0. The zero-order chi connectivity index (χ0) is 20.0. The maximum atomic E-state index is 12.7. The lowest BCUT2D eigenvalue weighted by molar-refractivity contribution is 0.0962. The van der Waals surface area contributed by atoms with Gasteiger partial charge in [-0.1, -0.05) is 54.6 Å². The van der Waals surface area contributed by atoms with Crippen LogP contribution >= 0.6 is 0 Å². The molecule has 0 aromatic heterocycles. The number of hydrogen-bond donors (Lipinski definition) is 3. The summed E-state index contributed by atoms with van der Waals surface area (Å²) < 4.78 is 28.1. The van der Waals surface area contributed by atoms with E-state index in [-0.39, 0.29) is 10.5 Å². The number of carbonyl (C=O) groups is 1. The summed E-state index contributed by atoms with van der Waals surface area (Å²) in [6.45, 7) is 1.77. The number of sulfonamides is 1. The number of anilines is 1. The molecule has 28 heavy (non-hydrogen) atoms. The fraction of sp³-hybridized carbons (Fsp3) is 0.0952. The first kappa shape index (κ1) is 19.6. The van der Waals surface area contributed by atoms with Crippen molar-refractivity contribution >= 4 is 21.6 Å². The van der Waals surface area contributed by atoms with Gasteiger partial charge in [0, 0.05) is 11.6 Å². The molecule has 7 heteroatoms. The second kappa shape index (κ2) is 8.69. The quantitative estimate of drug-likeness (QED) is 0.535. The van der Waals surface area contributed by atoms with Crippen LogP contribution in [0.3, 0.4) is 0 Å². The third-order valence-electron chi connectivity index (χ3n) is 4.13. The van der Waals surface area contributed by atoms with E-state index < -0.39 is 22.0 Å². The van der Waals surface area contributed by atoms with E-state index in [1.165, 1.54) is 12.1 Å². The molecule has 0 fully saturated rings. The molecule has 0 aliphatic heterocycles. The topological polar surface area (TPSA) is 87.3 Å². The van der Waals surface area contributed by atoms with E-state index in [0.29, 0.717) is 0 Å². The summed E-state index contributed by atoms with van der Waals surface area (Å²) in [6.07, 6.45) is 0. The number of carbonyl (C=O) groups excluding carboxylic acids is 1. The van der Waals surface area contributed by atoms with Crippen molar-refractivity contribution in [3.63, 3.8) is 0 Å². The average molecular weight is 395 g/mol. The Morgan fingerprint density at radius 3 is 2.18 bits per heavy atom. The summed E-state index contributed by atoms with van der Waals surface area (Å²) in [5.41, 5.74) is 7.16. The molecule has 0 saturated carbocycles. The maximum Gasteiger partial charge on any atom is 0.269 e. The highest BCUT2D eigenvalue weighted by molar-refractivity contribution is 7.89. The minimum absolute atomic E-state index is 0.0302. The number of para-hydroxylation sites is 1. The van der Waals surface area contributed by atoms with Crippen LogP contribution < -0.4 is 15.6 Å². The van der Waals surface area contributed by atoms with Crippen molar-refractivity contribution in [1.29, 1.82) is 0 Å². The van der Waals surface area contributed by atoms with Crippen molar-refractivity contribution in [2.45, 2.75) is 17.9 Å². The van der Waals surface area contributed by atoms with E-state index in [9.17, 15) is 13.2 Å². The van der Waals surface area contributed by atoms with Crippen LogP contribution in [0, 0.1) is 0 Å². The predicted octanol–water partition coefficient (Wildman–Crippen LogP) is 3.48. The van der Waals surface area contributed by atoms with Gasteiger partial charge in [-0.2, -0.15) is 0 Å². The van der Waals surface area contributed by atoms with Crippen LogP contribution in [0.2, 0.25) is 0 Å². The lowest BCUT2D eigenvalue weighted by Gasteiger charge is -2.15. The molecule has 0 spiro atoms. The zero-order valence-corrected chi connectivity index (χ0v) is 16.1. The molecule has 3 N–H and O–H groups in total. The van der Waals surface area contributed by atoms with Crippen LogP contribution in [-0.2, 0) is 10.0 Å². The molecule has 1 atom stereocenters. The molecule has 144 valence electrons. The van der Waals surface area contributed by atoms with Gasteiger partial charge in [0.2, 0.25) is 10.0 Å². The van der Waals surface area contributed by atoms with Gasteiger partial charge < -0.3 is 0 Å². The number of hydrazine groups is 1. The molecular weight excluding hydrogens is 374 g/mol. The lowest BCUT2D eigenvalue weighted by Crippen LogP contribution is -2.30. The van der Waals surface area contributed by atoms with Crippen LogP contribution in [0.1, 0.15) is 28.9 Å². The van der Waals surface area contributed by atoms with Gasteiger partial charge >= 0.3 is 0 Å². The summed E-state index contributed by atoms with van der Waals surface area (Å²) in [7, 11) is -3.78. The Morgan fingerprint density at radius 2 is 1.50 bits per heavy atom. The molecule has 0 aliphatic rings. The molecule has 1 unspecified atom stereocenters. The van der Waals surface area contributed by atoms with Gasteiger partial charge in [0.1, 0.15) is 0 Å². The Bertz CT molecular complexity index is 1040. The van der Waals surface area contributed by atoms with Gasteiger partial charge in [-0.3, -0.25) is 15.6 Å². The van der Waals surface area contributed by atoms with Gasteiger partial charge in [-0.05, 0) is 42.8 Å². The second-order valence-electron chi connectivity index (χ2n) is 6.23. The van der Waals surface area contributed by atoms with Crippen molar-refractivity contribution in [3.8, 4) is 0 Å². The van der Waals surface area contributed by atoms with E-state index in [2.05, 4.69) is 15.6 Å². The first-order chi connectivity index (χ1) is 13.5. The van der Waals surface area contributed by atoms with Gasteiger partial charge in [-0.25, -0.2) is 13.1 Å². The van der Waals surface area contributed by atoms with E-state index in [1.807, 2.05) is 48.5 Å². The van der Waals surface area contributed by atoms with Gasteiger partial charge in [-0.15, -0.1) is 0 Å². The molecule has 0 heterocycles. The SMILES string of the molecule is CC(NS(=O)(=O)c1cccc(C(=O)NNc2ccccc2)c1)c1ccccc1. The summed E-state index contributed by atoms with van der Waals surface area (Å²) in [5.74, 6) is -0.433. The molecule has 3 aromatic carbocycles. The number of hydrogen-bond acceptors (Lipinski definition) is 4. The van der Waals surface area contributed by atoms with Crippen LogP contribution in [-0.4, -0.2) is 14.3 Å². The minimum Gasteiger partial charge on any atom is -0.298 e. The highest BCUT2D eigenvalue weighted by atomic mass is 32.2. The minimum atomic E-state index is -3.78. The fourth-order valence-corrected chi connectivity index (χ4v) is 3.92. The van der Waals surface area contributed by atoms with Crippen LogP contribution in [0.5, 0.6) is 0 Å². The molecule has 0 bridgehead atoms. The van der Waals surface area contributed by atoms with Crippen molar-refractivity contribution in [2.75, 3.05) is 5.43 Å². The maximum absolute atomic E-state index is 12.7. The number of rotatable bonds is 7. The third-order valence-corrected chi connectivity index (χ3v) is 5.67. The Labute approximate surface area is 164 Å². The second-order valence-corrected chi connectivity index (χ2v) is 7.94. The Balaban J connectivity index is 1.71. The number of nitrogens with one attached hydrogen (secondary N) is 3. The number of amides is 1. The van der Waals surface area contributed by atoms with Crippen LogP contribution in [0.15, 0.2) is 89.8 Å². The van der Waals surface area contributed by atoms with Gasteiger partial charge in [0.05, 0.1) is 10.6 Å². The Hall–Kier alpha value is -3.16. The summed E-state index contributed by atoms with van der Waals surface area (Å²) in [5, 5.41) is 0. The summed E-state index contributed by atoms with van der Waals surface area (Å²) in [4.78, 5) is 12.4. The Morgan fingerprint density at radius 1 is 0.857 bits per heavy atom. The average Bonchev–Trinajstić information content (AvgIpc) is 2.73. The monoisotopic (exact) mass is 395 g/mol. The van der Waals surface area contributed by atoms with Crippen molar-refractivity contribution in [3.05, 3.63) is 96.1 Å². The van der Waals surface area contributed by atoms with Crippen LogP contribution in [0.25, 0.3) is 0 Å². The molecule has 6 nitrogen and oxygen atoms in total. The largest absolute Gasteiger partial charge is 0.298 e. The van der Waals surface area contributed by atoms with Gasteiger partial charge in [0.25, 0.3) is 5.91 Å². The Kier molecular flexibility index (Phi) is 6.08. The van der Waals surface area contributed by atoms with E-state index in [0.717, 1.165) is 11.3 Å². The molecule has 0 radical (unpaired) electrons. The molecule has 0 aliphatic carbocycles. The van der Waals surface area contributed by atoms with E-state index >= 15 is 0 Å². The van der Waals surface area contributed by atoms with E-state index in [1.54, 1.807) is 31.2 Å². The molecule has 3 aromatic rings. The highest BCUT2D eigenvalue weighted by Gasteiger charge is 2.19. The molecule has 0 saturated heterocycles. The fourth-order valence-electron chi connectivity index (χ4n) is 2.64. The van der Waals surface area contributed by atoms with E-state index in [4.69, 9.17) is 0 Å². The van der Waals surface area contributed by atoms with Gasteiger partial charge in [0.15, 0.2) is 0 Å². The first-order valence-corrected chi connectivity index (χ1v) is 10.2. The number of benzene rings is 3. The smallest absolute Gasteiger partial charge is 0.269 e. The molecular formula is C21H21N3O3S. The van der Waals surface area contributed by atoms with Crippen molar-refractivity contribution < 1.29 is 13.2 Å².